The summed E-state index contributed by atoms with van der Waals surface area (Å²) in [5, 5.41) is 2.94. The predicted molar refractivity (Wildman–Crippen MR) is 118 cm³/mol. The van der Waals surface area contributed by atoms with Gasteiger partial charge in [0, 0.05) is 18.9 Å². The summed E-state index contributed by atoms with van der Waals surface area (Å²) in [7, 11) is -2.57. The number of rotatable bonds is 9. The lowest BCUT2D eigenvalue weighted by molar-refractivity contribution is -0.122. The second kappa shape index (κ2) is 10.4. The smallest absolute Gasteiger partial charge is 0.241 e. The Morgan fingerprint density at radius 2 is 1.77 bits per heavy atom. The van der Waals surface area contributed by atoms with Gasteiger partial charge in [0.2, 0.25) is 15.9 Å². The lowest BCUT2D eigenvalue weighted by atomic mass is 10.1. The highest BCUT2D eigenvalue weighted by molar-refractivity contribution is 7.89. The van der Waals surface area contributed by atoms with Crippen molar-refractivity contribution < 1.29 is 17.9 Å². The molecule has 0 aliphatic heterocycles. The fourth-order valence-electron chi connectivity index (χ4n) is 2.92. The monoisotopic (exact) mass is 459 g/mol. The second-order valence-corrected chi connectivity index (χ2v) is 8.85. The number of benzene rings is 2. The minimum absolute atomic E-state index is 0.0571. The summed E-state index contributed by atoms with van der Waals surface area (Å²) < 4.78 is 33.5. The van der Waals surface area contributed by atoms with Gasteiger partial charge >= 0.3 is 0 Å². The summed E-state index contributed by atoms with van der Waals surface area (Å²) in [6, 6.07) is 15.8. The molecule has 2 N–H and O–H groups in total. The molecule has 31 heavy (non-hydrogen) atoms. The van der Waals surface area contributed by atoms with Crippen molar-refractivity contribution in [2.45, 2.75) is 23.9 Å². The molecule has 0 bridgehead atoms. The van der Waals surface area contributed by atoms with Gasteiger partial charge < -0.3 is 10.1 Å². The number of halogens is 1. The highest BCUT2D eigenvalue weighted by Crippen LogP contribution is 2.27. The van der Waals surface area contributed by atoms with Crippen LogP contribution in [0.1, 0.15) is 11.1 Å². The van der Waals surface area contributed by atoms with E-state index in [2.05, 4.69) is 15.0 Å². The Morgan fingerprint density at radius 1 is 1.06 bits per heavy atom. The van der Waals surface area contributed by atoms with E-state index in [0.29, 0.717) is 5.75 Å². The lowest BCUT2D eigenvalue weighted by Crippen LogP contribution is -2.47. The van der Waals surface area contributed by atoms with Gasteiger partial charge in [0.05, 0.1) is 17.0 Å². The standard InChI is InChI=1S/C22H22ClN3O4S/c1-30-21-8-7-18(14-19(21)23)31(28,29)26-20(13-16-5-3-2-4-6-16)22(27)25-15-17-9-11-24-12-10-17/h2-12,14,20,26H,13,15H2,1H3,(H,25,27)/t20-/m0/s1. The summed E-state index contributed by atoms with van der Waals surface area (Å²) >= 11 is 6.08. The van der Waals surface area contributed by atoms with Crippen LogP contribution in [0.3, 0.4) is 0 Å². The van der Waals surface area contributed by atoms with Crippen molar-refractivity contribution in [3.63, 3.8) is 0 Å². The number of pyridine rings is 1. The van der Waals surface area contributed by atoms with Crippen LogP contribution in [-0.2, 0) is 27.8 Å². The Balaban J connectivity index is 1.81. The van der Waals surface area contributed by atoms with E-state index in [1.54, 1.807) is 24.5 Å². The fraction of sp³-hybridized carbons (Fsp3) is 0.182. The van der Waals surface area contributed by atoms with Crippen LogP contribution >= 0.6 is 11.6 Å². The molecule has 3 aromatic rings. The quantitative estimate of drug-likeness (QED) is 0.512. The number of carbonyl (C=O) groups is 1. The first kappa shape index (κ1) is 22.7. The molecule has 7 nitrogen and oxygen atoms in total. The first-order valence-electron chi connectivity index (χ1n) is 9.45. The Bertz CT molecular complexity index is 1130. The van der Waals surface area contributed by atoms with Crippen LogP contribution in [-0.4, -0.2) is 32.5 Å². The zero-order valence-corrected chi connectivity index (χ0v) is 18.4. The third-order valence-corrected chi connectivity index (χ3v) is 6.31. The molecule has 162 valence electrons. The van der Waals surface area contributed by atoms with Gasteiger partial charge in [-0.1, -0.05) is 41.9 Å². The van der Waals surface area contributed by atoms with Crippen LogP contribution in [0, 0.1) is 0 Å². The van der Waals surface area contributed by atoms with Crippen LogP contribution in [0.4, 0.5) is 0 Å². The van der Waals surface area contributed by atoms with E-state index >= 15 is 0 Å². The normalized spacial score (nSPS) is 12.2. The van der Waals surface area contributed by atoms with Gasteiger partial charge in [0.25, 0.3) is 0 Å². The molecule has 0 aliphatic carbocycles. The number of methoxy groups -OCH3 is 1. The van der Waals surface area contributed by atoms with E-state index in [9.17, 15) is 13.2 Å². The summed E-state index contributed by atoms with van der Waals surface area (Å²) in [4.78, 5) is 16.8. The van der Waals surface area contributed by atoms with Crippen LogP contribution < -0.4 is 14.8 Å². The molecule has 1 heterocycles. The van der Waals surface area contributed by atoms with Crippen molar-refractivity contribution in [1.29, 1.82) is 0 Å². The second-order valence-electron chi connectivity index (χ2n) is 6.73. The van der Waals surface area contributed by atoms with E-state index in [0.717, 1.165) is 11.1 Å². The lowest BCUT2D eigenvalue weighted by Gasteiger charge is -2.19. The molecule has 2 aromatic carbocycles. The Kier molecular flexibility index (Phi) is 7.62. The Morgan fingerprint density at radius 3 is 2.42 bits per heavy atom. The first-order chi connectivity index (χ1) is 14.9. The van der Waals surface area contributed by atoms with Crippen molar-refractivity contribution in [1.82, 2.24) is 15.0 Å². The van der Waals surface area contributed by atoms with E-state index < -0.39 is 22.0 Å². The molecule has 3 rings (SSSR count). The zero-order chi connectivity index (χ0) is 22.3. The number of nitrogens with one attached hydrogen (secondary N) is 2. The minimum atomic E-state index is -4.02. The molecule has 1 aromatic heterocycles. The van der Waals surface area contributed by atoms with Crippen molar-refractivity contribution in [2.24, 2.45) is 0 Å². The van der Waals surface area contributed by atoms with Crippen molar-refractivity contribution in [2.75, 3.05) is 7.11 Å². The number of nitrogens with zero attached hydrogens (tertiary/aromatic N) is 1. The average molecular weight is 460 g/mol. The number of aromatic nitrogens is 1. The van der Waals surface area contributed by atoms with Crippen LogP contribution in [0.15, 0.2) is 78.0 Å². The van der Waals surface area contributed by atoms with Crippen LogP contribution in [0.2, 0.25) is 5.02 Å². The van der Waals surface area contributed by atoms with Crippen LogP contribution in [0.25, 0.3) is 0 Å². The number of hydrogen-bond donors (Lipinski definition) is 2. The highest BCUT2D eigenvalue weighted by Gasteiger charge is 2.26. The van der Waals surface area contributed by atoms with Crippen molar-refractivity contribution in [3.8, 4) is 5.75 Å². The molecule has 0 radical (unpaired) electrons. The summed E-state index contributed by atoms with van der Waals surface area (Å²) in [6.45, 7) is 0.253. The van der Waals surface area contributed by atoms with Gasteiger partial charge in [-0.2, -0.15) is 4.72 Å². The van der Waals surface area contributed by atoms with Crippen molar-refractivity contribution in [3.05, 3.63) is 89.2 Å². The molecule has 1 amide bonds. The molecule has 0 aliphatic rings. The van der Waals surface area contributed by atoms with Gasteiger partial charge in [-0.25, -0.2) is 8.42 Å². The van der Waals surface area contributed by atoms with Gasteiger partial charge in [0.1, 0.15) is 11.8 Å². The van der Waals surface area contributed by atoms with Gasteiger partial charge in [0.15, 0.2) is 0 Å². The van der Waals surface area contributed by atoms with E-state index in [1.165, 1.54) is 25.3 Å². The maximum atomic E-state index is 13.0. The topological polar surface area (TPSA) is 97.4 Å². The largest absolute Gasteiger partial charge is 0.495 e. The Hall–Kier alpha value is -2.94. The number of sulfonamides is 1. The third-order valence-electron chi connectivity index (χ3n) is 4.55. The number of amides is 1. The molecule has 1 atom stereocenters. The minimum Gasteiger partial charge on any atom is -0.495 e. The van der Waals surface area contributed by atoms with Crippen LogP contribution in [0.5, 0.6) is 5.75 Å². The molecule has 0 fully saturated rings. The molecule has 0 saturated heterocycles. The summed E-state index contributed by atoms with van der Waals surface area (Å²) in [5.41, 5.74) is 1.67. The summed E-state index contributed by atoms with van der Waals surface area (Å²) in [6.07, 6.45) is 3.43. The number of carbonyl (C=O) groups excluding carboxylic acids is 1. The number of hydrogen-bond acceptors (Lipinski definition) is 5. The molecule has 0 spiro atoms. The van der Waals surface area contributed by atoms with E-state index in [-0.39, 0.29) is 22.9 Å². The predicted octanol–water partition coefficient (Wildman–Crippen LogP) is 2.95. The fourth-order valence-corrected chi connectivity index (χ4v) is 4.46. The first-order valence-corrected chi connectivity index (χ1v) is 11.3. The number of ether oxygens (including phenoxy) is 1. The van der Waals surface area contributed by atoms with E-state index in [4.69, 9.17) is 16.3 Å². The highest BCUT2D eigenvalue weighted by atomic mass is 35.5. The third kappa shape index (κ3) is 6.27. The van der Waals surface area contributed by atoms with Gasteiger partial charge in [-0.15, -0.1) is 0 Å². The molecule has 0 saturated carbocycles. The van der Waals surface area contributed by atoms with Gasteiger partial charge in [-0.05, 0) is 47.9 Å². The summed E-state index contributed by atoms with van der Waals surface area (Å²) in [5.74, 6) is -0.0830. The average Bonchev–Trinajstić information content (AvgIpc) is 2.78. The van der Waals surface area contributed by atoms with E-state index in [1.807, 2.05) is 30.3 Å². The zero-order valence-electron chi connectivity index (χ0n) is 16.8. The van der Waals surface area contributed by atoms with Gasteiger partial charge in [-0.3, -0.25) is 9.78 Å². The maximum Gasteiger partial charge on any atom is 0.241 e. The Labute approximate surface area is 186 Å². The molecular weight excluding hydrogens is 438 g/mol. The maximum absolute atomic E-state index is 13.0. The molecular formula is C22H22ClN3O4S. The van der Waals surface area contributed by atoms with Crippen molar-refractivity contribution >= 4 is 27.5 Å². The molecule has 9 heteroatoms. The molecule has 0 unspecified atom stereocenters. The SMILES string of the molecule is COc1ccc(S(=O)(=O)N[C@@H](Cc2ccccc2)C(=O)NCc2ccncc2)cc1Cl.